The van der Waals surface area contributed by atoms with Crippen LogP contribution in [0.25, 0.3) is 0 Å². The van der Waals surface area contributed by atoms with Gasteiger partial charge in [0.05, 0.1) is 0 Å². The third kappa shape index (κ3) is 4.04. The van der Waals surface area contributed by atoms with Crippen molar-refractivity contribution in [3.8, 4) is 0 Å². The Morgan fingerprint density at radius 2 is 2.32 bits per heavy atom. The van der Waals surface area contributed by atoms with E-state index in [1.807, 2.05) is 17.8 Å². The molecule has 1 aromatic rings. The molecule has 1 aliphatic heterocycles. The van der Waals surface area contributed by atoms with Gasteiger partial charge in [-0.3, -0.25) is 0 Å². The van der Waals surface area contributed by atoms with Gasteiger partial charge in [-0.05, 0) is 42.8 Å². The van der Waals surface area contributed by atoms with E-state index in [0.29, 0.717) is 6.04 Å². The molecular weight excluding hydrogens is 276 g/mol. The van der Waals surface area contributed by atoms with Crippen molar-refractivity contribution in [1.82, 2.24) is 5.32 Å². The summed E-state index contributed by atoms with van der Waals surface area (Å²) >= 11 is 8.22. The van der Waals surface area contributed by atoms with Gasteiger partial charge in [-0.1, -0.05) is 24.6 Å². The molecule has 1 heterocycles. The van der Waals surface area contributed by atoms with Crippen molar-refractivity contribution < 1.29 is 0 Å². The molecular formula is C15H23ClN2S. The van der Waals surface area contributed by atoms with Crippen LogP contribution in [-0.2, 0) is 6.54 Å². The monoisotopic (exact) mass is 298 g/mol. The average molecular weight is 299 g/mol. The Kier molecular flexibility index (Phi) is 5.86. The van der Waals surface area contributed by atoms with Gasteiger partial charge in [0.1, 0.15) is 0 Å². The van der Waals surface area contributed by atoms with E-state index in [-0.39, 0.29) is 0 Å². The molecule has 1 aliphatic rings. The second kappa shape index (κ2) is 7.41. The maximum absolute atomic E-state index is 6.18. The predicted molar refractivity (Wildman–Crippen MR) is 87.6 cm³/mol. The number of nitrogens with zero attached hydrogens (tertiary/aromatic N) is 1. The van der Waals surface area contributed by atoms with Crippen LogP contribution in [-0.4, -0.2) is 31.1 Å². The second-order valence-electron chi connectivity index (χ2n) is 5.08. The van der Waals surface area contributed by atoms with Crippen LogP contribution >= 0.6 is 23.4 Å². The number of hydrogen-bond acceptors (Lipinski definition) is 3. The first-order valence-electron chi connectivity index (χ1n) is 7.02. The molecule has 0 aliphatic carbocycles. The number of benzene rings is 1. The minimum atomic E-state index is 0.647. The molecule has 19 heavy (non-hydrogen) atoms. The number of halogens is 1. The third-order valence-corrected chi connectivity index (χ3v) is 5.00. The number of anilines is 1. The summed E-state index contributed by atoms with van der Waals surface area (Å²) in [5.41, 5.74) is 2.63. The highest BCUT2D eigenvalue weighted by molar-refractivity contribution is 7.99. The van der Waals surface area contributed by atoms with Gasteiger partial charge < -0.3 is 10.2 Å². The van der Waals surface area contributed by atoms with E-state index < -0.39 is 0 Å². The summed E-state index contributed by atoms with van der Waals surface area (Å²) in [7, 11) is 2.20. The Morgan fingerprint density at radius 1 is 1.47 bits per heavy atom. The Morgan fingerprint density at radius 3 is 3.00 bits per heavy atom. The molecule has 1 aromatic carbocycles. The first-order valence-corrected chi connectivity index (χ1v) is 8.55. The quantitative estimate of drug-likeness (QED) is 0.805. The molecule has 0 radical (unpaired) electrons. The summed E-state index contributed by atoms with van der Waals surface area (Å²) in [5, 5.41) is 4.31. The third-order valence-electron chi connectivity index (χ3n) is 3.62. The van der Waals surface area contributed by atoms with Crippen LogP contribution in [0.4, 0.5) is 5.69 Å². The van der Waals surface area contributed by atoms with Crippen molar-refractivity contribution in [2.75, 3.05) is 30.0 Å². The molecule has 2 rings (SSSR count). The summed E-state index contributed by atoms with van der Waals surface area (Å²) in [4.78, 5) is 2.41. The highest BCUT2D eigenvalue weighted by atomic mass is 35.5. The molecule has 0 spiro atoms. The lowest BCUT2D eigenvalue weighted by Crippen LogP contribution is -2.32. The average Bonchev–Trinajstić information content (AvgIpc) is 2.94. The van der Waals surface area contributed by atoms with E-state index in [0.717, 1.165) is 24.5 Å². The molecule has 0 aromatic heterocycles. The molecule has 1 fully saturated rings. The molecule has 2 nitrogen and oxygen atoms in total. The van der Waals surface area contributed by atoms with Crippen molar-refractivity contribution in [2.45, 2.75) is 32.4 Å². The topological polar surface area (TPSA) is 15.3 Å². The smallest absolute Gasteiger partial charge is 0.0426 e. The number of thioether (sulfide) groups is 1. The van der Waals surface area contributed by atoms with Gasteiger partial charge in [0.2, 0.25) is 0 Å². The van der Waals surface area contributed by atoms with Crippen LogP contribution in [0.2, 0.25) is 5.02 Å². The molecule has 0 bridgehead atoms. The van der Waals surface area contributed by atoms with E-state index in [4.69, 9.17) is 11.6 Å². The van der Waals surface area contributed by atoms with Gasteiger partial charge in [0.15, 0.2) is 0 Å². The number of nitrogens with one attached hydrogen (secondary N) is 1. The predicted octanol–water partition coefficient (Wildman–Crippen LogP) is 3.78. The summed E-state index contributed by atoms with van der Waals surface area (Å²) in [5.74, 6) is 2.50. The zero-order chi connectivity index (χ0) is 13.7. The molecule has 4 heteroatoms. The van der Waals surface area contributed by atoms with Gasteiger partial charge in [0, 0.05) is 36.1 Å². The maximum atomic E-state index is 6.18. The fraction of sp³-hybridized carbons (Fsp3) is 0.600. The van der Waals surface area contributed by atoms with E-state index in [2.05, 4.69) is 36.3 Å². The Hall–Kier alpha value is -0.380. The van der Waals surface area contributed by atoms with Crippen molar-refractivity contribution in [3.05, 3.63) is 28.8 Å². The first kappa shape index (κ1) is 15.0. The number of hydrogen-bond donors (Lipinski definition) is 1. The lowest BCUT2D eigenvalue weighted by atomic mass is 10.1. The lowest BCUT2D eigenvalue weighted by molar-refractivity contribution is 0.662. The van der Waals surface area contributed by atoms with Crippen molar-refractivity contribution >= 4 is 29.1 Å². The first-order chi connectivity index (χ1) is 9.22. The van der Waals surface area contributed by atoms with Crippen LogP contribution in [0, 0.1) is 0 Å². The van der Waals surface area contributed by atoms with Crippen molar-refractivity contribution in [3.63, 3.8) is 0 Å². The molecule has 0 amide bonds. The molecule has 106 valence electrons. The van der Waals surface area contributed by atoms with Crippen LogP contribution < -0.4 is 10.2 Å². The molecule has 0 saturated carbocycles. The van der Waals surface area contributed by atoms with Crippen molar-refractivity contribution in [2.24, 2.45) is 0 Å². The van der Waals surface area contributed by atoms with Gasteiger partial charge in [-0.2, -0.15) is 11.8 Å². The fourth-order valence-electron chi connectivity index (χ4n) is 2.44. The molecule has 1 N–H and O–H groups in total. The Bertz CT molecular complexity index is 405. The summed E-state index contributed by atoms with van der Waals surface area (Å²) in [6, 6.07) is 6.89. The van der Waals surface area contributed by atoms with E-state index >= 15 is 0 Å². The SMILES string of the molecule is CCCNCc1ccc(Cl)cc1N(C)C1CCSC1. The van der Waals surface area contributed by atoms with Crippen LogP contribution in [0.15, 0.2) is 18.2 Å². The fourth-order valence-corrected chi connectivity index (χ4v) is 3.87. The highest BCUT2D eigenvalue weighted by Gasteiger charge is 2.22. The summed E-state index contributed by atoms with van der Waals surface area (Å²) in [6.45, 7) is 4.17. The maximum Gasteiger partial charge on any atom is 0.0426 e. The summed E-state index contributed by atoms with van der Waals surface area (Å²) in [6.07, 6.45) is 2.44. The zero-order valence-corrected chi connectivity index (χ0v) is 13.4. The normalized spacial score (nSPS) is 18.8. The van der Waals surface area contributed by atoms with Gasteiger partial charge >= 0.3 is 0 Å². The standard InChI is InChI=1S/C15H23ClN2S/c1-3-7-17-10-12-4-5-13(16)9-15(12)18(2)14-6-8-19-11-14/h4-5,9,14,17H,3,6-8,10-11H2,1-2H3. The van der Waals surface area contributed by atoms with E-state index in [1.54, 1.807) is 0 Å². The number of rotatable bonds is 6. The zero-order valence-electron chi connectivity index (χ0n) is 11.8. The van der Waals surface area contributed by atoms with E-state index in [9.17, 15) is 0 Å². The molecule has 1 saturated heterocycles. The molecule has 1 atom stereocenters. The van der Waals surface area contributed by atoms with Gasteiger partial charge in [-0.15, -0.1) is 0 Å². The molecule has 1 unspecified atom stereocenters. The Labute approximate surface area is 125 Å². The van der Waals surface area contributed by atoms with Gasteiger partial charge in [-0.25, -0.2) is 0 Å². The minimum Gasteiger partial charge on any atom is -0.370 e. The van der Waals surface area contributed by atoms with Gasteiger partial charge in [0.25, 0.3) is 0 Å². The lowest BCUT2D eigenvalue weighted by Gasteiger charge is -2.28. The minimum absolute atomic E-state index is 0.647. The largest absolute Gasteiger partial charge is 0.370 e. The summed E-state index contributed by atoms with van der Waals surface area (Å²) < 4.78 is 0. The van der Waals surface area contributed by atoms with Crippen molar-refractivity contribution in [1.29, 1.82) is 0 Å². The van der Waals surface area contributed by atoms with Crippen LogP contribution in [0.3, 0.4) is 0 Å². The Balaban J connectivity index is 2.13. The van der Waals surface area contributed by atoms with E-state index in [1.165, 1.54) is 29.2 Å². The van der Waals surface area contributed by atoms with Crippen LogP contribution in [0.5, 0.6) is 0 Å². The second-order valence-corrected chi connectivity index (χ2v) is 6.66. The highest BCUT2D eigenvalue weighted by Crippen LogP contribution is 2.30. The van der Waals surface area contributed by atoms with Crippen LogP contribution in [0.1, 0.15) is 25.3 Å².